The lowest BCUT2D eigenvalue weighted by Crippen LogP contribution is -2.41. The van der Waals surface area contributed by atoms with Crippen molar-refractivity contribution < 1.29 is 9.53 Å². The van der Waals surface area contributed by atoms with Gasteiger partial charge in [-0.1, -0.05) is 0 Å². The molecule has 0 saturated carbocycles. The zero-order valence-corrected chi connectivity index (χ0v) is 9.50. The molecule has 2 fully saturated rings. The van der Waals surface area contributed by atoms with Crippen molar-refractivity contribution in [1.29, 1.82) is 0 Å². The predicted molar refractivity (Wildman–Crippen MR) is 59.5 cm³/mol. The van der Waals surface area contributed by atoms with Crippen LogP contribution in [0.3, 0.4) is 0 Å². The predicted octanol–water partition coefficient (Wildman–Crippen LogP) is -0.140. The van der Waals surface area contributed by atoms with Crippen LogP contribution in [-0.2, 0) is 4.74 Å². The summed E-state index contributed by atoms with van der Waals surface area (Å²) in [6, 6.07) is 0.572. The molecular formula is C10H13N3O2S. The van der Waals surface area contributed by atoms with E-state index in [0.717, 1.165) is 19.8 Å². The SMILES string of the molecule is O=C(N[C@@H]1CN[C@@H]2COC[C@@H]21)c1cscn1. The third-order valence-corrected chi connectivity index (χ3v) is 3.81. The van der Waals surface area contributed by atoms with E-state index < -0.39 is 0 Å². The van der Waals surface area contributed by atoms with Crippen molar-refractivity contribution in [1.82, 2.24) is 15.6 Å². The quantitative estimate of drug-likeness (QED) is 0.754. The van der Waals surface area contributed by atoms with Crippen molar-refractivity contribution in [3.8, 4) is 0 Å². The van der Waals surface area contributed by atoms with Gasteiger partial charge in [0.1, 0.15) is 5.69 Å². The Balaban J connectivity index is 1.65. The van der Waals surface area contributed by atoms with Gasteiger partial charge in [-0.2, -0.15) is 0 Å². The maximum absolute atomic E-state index is 11.8. The van der Waals surface area contributed by atoms with Gasteiger partial charge in [-0.05, 0) is 0 Å². The Bertz CT molecular complexity index is 381. The summed E-state index contributed by atoms with van der Waals surface area (Å²) in [6.45, 7) is 2.32. The number of nitrogens with one attached hydrogen (secondary N) is 2. The number of carbonyl (C=O) groups is 1. The monoisotopic (exact) mass is 239 g/mol. The normalized spacial score (nSPS) is 32.6. The third kappa shape index (κ3) is 1.73. The Kier molecular flexibility index (Phi) is 2.62. The van der Waals surface area contributed by atoms with Crippen LogP contribution >= 0.6 is 11.3 Å². The highest BCUT2D eigenvalue weighted by Gasteiger charge is 2.40. The van der Waals surface area contributed by atoms with Crippen LogP contribution in [0.2, 0.25) is 0 Å². The molecule has 3 heterocycles. The number of carbonyl (C=O) groups excluding carboxylic acids is 1. The first kappa shape index (κ1) is 10.2. The molecule has 0 radical (unpaired) electrons. The zero-order valence-electron chi connectivity index (χ0n) is 8.68. The fraction of sp³-hybridized carbons (Fsp3) is 0.600. The van der Waals surface area contributed by atoms with Crippen molar-refractivity contribution >= 4 is 17.2 Å². The molecule has 16 heavy (non-hydrogen) atoms. The molecule has 2 aliphatic heterocycles. The number of fused-ring (bicyclic) bond motifs is 1. The Morgan fingerprint density at radius 3 is 3.38 bits per heavy atom. The summed E-state index contributed by atoms with van der Waals surface area (Å²) >= 11 is 1.43. The highest BCUT2D eigenvalue weighted by Crippen LogP contribution is 2.22. The van der Waals surface area contributed by atoms with Gasteiger partial charge in [-0.3, -0.25) is 4.79 Å². The number of hydrogen-bond acceptors (Lipinski definition) is 5. The largest absolute Gasteiger partial charge is 0.379 e. The van der Waals surface area contributed by atoms with Crippen LogP contribution in [0.5, 0.6) is 0 Å². The Hall–Kier alpha value is -0.980. The van der Waals surface area contributed by atoms with Crippen molar-refractivity contribution in [2.45, 2.75) is 12.1 Å². The molecule has 5 nitrogen and oxygen atoms in total. The lowest BCUT2D eigenvalue weighted by molar-refractivity contribution is 0.0919. The van der Waals surface area contributed by atoms with E-state index in [4.69, 9.17) is 4.74 Å². The number of hydrogen-bond donors (Lipinski definition) is 2. The molecule has 0 bridgehead atoms. The van der Waals surface area contributed by atoms with Gasteiger partial charge in [0, 0.05) is 29.9 Å². The minimum absolute atomic E-state index is 0.0828. The van der Waals surface area contributed by atoms with E-state index in [-0.39, 0.29) is 11.9 Å². The Morgan fingerprint density at radius 1 is 1.62 bits per heavy atom. The fourth-order valence-electron chi connectivity index (χ4n) is 2.33. The molecule has 0 aliphatic carbocycles. The number of thiazole rings is 1. The van der Waals surface area contributed by atoms with Gasteiger partial charge in [-0.15, -0.1) is 11.3 Å². The van der Waals surface area contributed by atoms with Crippen LogP contribution in [0, 0.1) is 5.92 Å². The number of amides is 1. The fourth-order valence-corrected chi connectivity index (χ4v) is 2.86. The second-order valence-electron chi connectivity index (χ2n) is 4.17. The summed E-state index contributed by atoms with van der Waals surface area (Å²) in [5.41, 5.74) is 2.18. The van der Waals surface area contributed by atoms with Crippen LogP contribution in [0.15, 0.2) is 10.9 Å². The van der Waals surface area contributed by atoms with Gasteiger partial charge in [0.05, 0.1) is 18.7 Å². The number of aromatic nitrogens is 1. The van der Waals surface area contributed by atoms with Crippen LogP contribution < -0.4 is 10.6 Å². The minimum Gasteiger partial charge on any atom is -0.379 e. The minimum atomic E-state index is -0.0828. The first-order valence-electron chi connectivity index (χ1n) is 5.35. The number of ether oxygens (including phenoxy) is 1. The first-order chi connectivity index (χ1) is 7.84. The molecule has 2 aliphatic rings. The van der Waals surface area contributed by atoms with Crippen LogP contribution in [0.25, 0.3) is 0 Å². The summed E-state index contributed by atoms with van der Waals surface area (Å²) in [4.78, 5) is 15.8. The molecule has 2 N–H and O–H groups in total. The van der Waals surface area contributed by atoms with E-state index in [1.165, 1.54) is 11.3 Å². The molecule has 1 amide bonds. The highest BCUT2D eigenvalue weighted by molar-refractivity contribution is 7.07. The molecule has 6 heteroatoms. The second-order valence-corrected chi connectivity index (χ2v) is 4.89. The van der Waals surface area contributed by atoms with Crippen molar-refractivity contribution in [3.05, 3.63) is 16.6 Å². The summed E-state index contributed by atoms with van der Waals surface area (Å²) in [7, 11) is 0. The third-order valence-electron chi connectivity index (χ3n) is 3.22. The van der Waals surface area contributed by atoms with Crippen LogP contribution in [0.1, 0.15) is 10.5 Å². The summed E-state index contributed by atoms with van der Waals surface area (Å²) in [5, 5.41) is 8.14. The molecule has 86 valence electrons. The molecule has 0 unspecified atom stereocenters. The molecule has 3 atom stereocenters. The van der Waals surface area contributed by atoms with Gasteiger partial charge >= 0.3 is 0 Å². The molecule has 0 aromatic carbocycles. The Morgan fingerprint density at radius 2 is 2.56 bits per heavy atom. The van der Waals surface area contributed by atoms with Crippen LogP contribution in [-0.4, -0.2) is 42.7 Å². The molecule has 1 aromatic heterocycles. The van der Waals surface area contributed by atoms with E-state index in [0.29, 0.717) is 17.7 Å². The van der Waals surface area contributed by atoms with Crippen LogP contribution in [0.4, 0.5) is 0 Å². The topological polar surface area (TPSA) is 63.2 Å². The van der Waals surface area contributed by atoms with Gasteiger partial charge < -0.3 is 15.4 Å². The van der Waals surface area contributed by atoms with Gasteiger partial charge in [0.15, 0.2) is 0 Å². The van der Waals surface area contributed by atoms with E-state index in [1.54, 1.807) is 10.9 Å². The van der Waals surface area contributed by atoms with Crippen molar-refractivity contribution in [2.24, 2.45) is 5.92 Å². The summed E-state index contributed by atoms with van der Waals surface area (Å²) in [5.74, 6) is 0.322. The van der Waals surface area contributed by atoms with E-state index in [1.807, 2.05) is 0 Å². The average molecular weight is 239 g/mol. The summed E-state index contributed by atoms with van der Waals surface area (Å²) < 4.78 is 5.39. The Labute approximate surface area is 97.2 Å². The molecule has 2 saturated heterocycles. The number of rotatable bonds is 2. The van der Waals surface area contributed by atoms with Crippen molar-refractivity contribution in [3.63, 3.8) is 0 Å². The van der Waals surface area contributed by atoms with E-state index >= 15 is 0 Å². The highest BCUT2D eigenvalue weighted by atomic mass is 32.1. The van der Waals surface area contributed by atoms with Crippen molar-refractivity contribution in [2.75, 3.05) is 19.8 Å². The lowest BCUT2D eigenvalue weighted by Gasteiger charge is -2.16. The molecular weight excluding hydrogens is 226 g/mol. The van der Waals surface area contributed by atoms with E-state index in [2.05, 4.69) is 15.6 Å². The van der Waals surface area contributed by atoms with Gasteiger partial charge in [-0.25, -0.2) is 4.98 Å². The number of nitrogens with zero attached hydrogens (tertiary/aromatic N) is 1. The zero-order chi connectivity index (χ0) is 11.0. The summed E-state index contributed by atoms with van der Waals surface area (Å²) in [6.07, 6.45) is 0. The maximum Gasteiger partial charge on any atom is 0.271 e. The average Bonchev–Trinajstić information content (AvgIpc) is 2.94. The molecule has 3 rings (SSSR count). The first-order valence-corrected chi connectivity index (χ1v) is 6.29. The smallest absolute Gasteiger partial charge is 0.271 e. The molecule has 0 spiro atoms. The lowest BCUT2D eigenvalue weighted by atomic mass is 10.00. The van der Waals surface area contributed by atoms with E-state index in [9.17, 15) is 4.79 Å². The second kappa shape index (κ2) is 4.12. The maximum atomic E-state index is 11.8. The molecule has 1 aromatic rings. The van der Waals surface area contributed by atoms with Gasteiger partial charge in [0.2, 0.25) is 0 Å². The van der Waals surface area contributed by atoms with Gasteiger partial charge in [0.25, 0.3) is 5.91 Å². The standard InChI is InChI=1S/C10H13N3O2S/c14-10(9-4-16-5-12-9)13-7-1-11-8-3-15-2-6(7)8/h4-8,11H,1-3H2,(H,13,14)/t6-,7-,8-/m1/s1.